The summed E-state index contributed by atoms with van der Waals surface area (Å²) >= 11 is 0. The lowest BCUT2D eigenvalue weighted by Gasteiger charge is -2.11. The van der Waals surface area contributed by atoms with E-state index < -0.39 is 0 Å². The zero-order chi connectivity index (χ0) is 14.4. The first-order chi connectivity index (χ1) is 10.3. The number of epoxide rings is 1. The maximum absolute atomic E-state index is 11.4. The Labute approximate surface area is 124 Å². The molecule has 4 nitrogen and oxygen atoms in total. The molecule has 1 saturated carbocycles. The first-order valence-corrected chi connectivity index (χ1v) is 7.87. The molecule has 0 bridgehead atoms. The molecule has 2 heterocycles. The Kier molecular flexibility index (Phi) is 3.14. The summed E-state index contributed by atoms with van der Waals surface area (Å²) in [4.78, 5) is 11.4. The molecule has 4 rings (SSSR count). The van der Waals surface area contributed by atoms with Crippen LogP contribution in [0.1, 0.15) is 43.2 Å². The Morgan fingerprint density at radius 1 is 1.38 bits per heavy atom. The van der Waals surface area contributed by atoms with Gasteiger partial charge in [-0.05, 0) is 25.3 Å². The molecule has 0 amide bonds. The number of carbonyl (C=O) groups is 1. The smallest absolute Gasteiger partial charge is 0.305 e. The summed E-state index contributed by atoms with van der Waals surface area (Å²) in [7, 11) is 0. The van der Waals surface area contributed by atoms with Crippen LogP contribution in [-0.2, 0) is 20.7 Å². The van der Waals surface area contributed by atoms with Crippen molar-refractivity contribution >= 4 is 5.97 Å². The zero-order valence-electron chi connectivity index (χ0n) is 12.2. The largest absolute Gasteiger partial charge is 0.489 e. The van der Waals surface area contributed by atoms with Gasteiger partial charge in [-0.25, -0.2) is 0 Å². The number of rotatable bonds is 5. The van der Waals surface area contributed by atoms with Crippen molar-refractivity contribution in [2.24, 2.45) is 0 Å². The number of esters is 1. The Morgan fingerprint density at radius 2 is 2.29 bits per heavy atom. The minimum Gasteiger partial charge on any atom is -0.489 e. The summed E-state index contributed by atoms with van der Waals surface area (Å²) < 4.78 is 16.8. The van der Waals surface area contributed by atoms with Crippen LogP contribution in [0.4, 0.5) is 0 Å². The predicted octanol–water partition coefficient (Wildman–Crippen LogP) is 2.59. The highest BCUT2D eigenvalue weighted by atomic mass is 16.6. The van der Waals surface area contributed by atoms with Crippen LogP contribution < -0.4 is 4.74 Å². The third kappa shape index (κ3) is 2.22. The van der Waals surface area contributed by atoms with Gasteiger partial charge in [0.2, 0.25) is 0 Å². The van der Waals surface area contributed by atoms with E-state index in [9.17, 15) is 4.79 Å². The van der Waals surface area contributed by atoms with Crippen molar-refractivity contribution in [2.45, 2.75) is 56.8 Å². The third-order valence-corrected chi connectivity index (χ3v) is 4.73. The van der Waals surface area contributed by atoms with Gasteiger partial charge in [-0.3, -0.25) is 4.79 Å². The van der Waals surface area contributed by atoms with Gasteiger partial charge in [0.1, 0.15) is 11.9 Å². The average Bonchev–Trinajstić information content (AvgIpc) is 2.97. The Bertz CT molecular complexity index is 568. The number of aryl methyl sites for hydroxylation is 1. The van der Waals surface area contributed by atoms with Crippen molar-refractivity contribution in [3.63, 3.8) is 0 Å². The molecule has 21 heavy (non-hydrogen) atoms. The molecule has 0 spiro atoms. The number of carbonyl (C=O) groups excluding carboxylic acids is 1. The lowest BCUT2D eigenvalue weighted by Crippen LogP contribution is -2.17. The van der Waals surface area contributed by atoms with E-state index >= 15 is 0 Å². The van der Waals surface area contributed by atoms with Gasteiger partial charge in [-0.1, -0.05) is 18.2 Å². The lowest BCUT2D eigenvalue weighted by molar-refractivity contribution is -0.143. The number of hydrogen-bond donors (Lipinski definition) is 0. The fourth-order valence-corrected chi connectivity index (χ4v) is 3.76. The van der Waals surface area contributed by atoms with Crippen molar-refractivity contribution in [3.8, 4) is 5.75 Å². The molecule has 1 aliphatic carbocycles. The first-order valence-electron chi connectivity index (χ1n) is 7.87. The molecule has 2 aliphatic heterocycles. The van der Waals surface area contributed by atoms with Gasteiger partial charge in [0.15, 0.2) is 0 Å². The quantitative estimate of drug-likeness (QED) is 0.617. The summed E-state index contributed by atoms with van der Waals surface area (Å²) in [6.07, 6.45) is 4.26. The van der Waals surface area contributed by atoms with Crippen LogP contribution in [0.5, 0.6) is 5.75 Å². The molecular formula is C17H20O4. The molecule has 3 aliphatic rings. The Balaban J connectivity index is 1.44. The normalized spacial score (nSPS) is 31.1. The van der Waals surface area contributed by atoms with Gasteiger partial charge in [0.05, 0.1) is 24.7 Å². The molecular weight excluding hydrogens is 268 g/mol. The van der Waals surface area contributed by atoms with Crippen molar-refractivity contribution in [1.29, 1.82) is 0 Å². The second kappa shape index (κ2) is 5.02. The SMILES string of the molecule is CCOC(=O)CCCc1cccc2c1OC1C[C@H]3O[C@H]3C21. The minimum atomic E-state index is -0.114. The van der Waals surface area contributed by atoms with Crippen LogP contribution in [0, 0.1) is 0 Å². The summed E-state index contributed by atoms with van der Waals surface area (Å²) in [6.45, 7) is 2.29. The van der Waals surface area contributed by atoms with E-state index in [1.807, 2.05) is 6.92 Å². The van der Waals surface area contributed by atoms with Crippen molar-refractivity contribution in [2.75, 3.05) is 6.61 Å². The number of ether oxygens (including phenoxy) is 3. The molecule has 2 fully saturated rings. The molecule has 0 N–H and O–H groups in total. The molecule has 2 unspecified atom stereocenters. The molecule has 4 heteroatoms. The fraction of sp³-hybridized carbons (Fsp3) is 0.588. The maximum atomic E-state index is 11.4. The molecule has 1 aromatic rings. The average molecular weight is 288 g/mol. The van der Waals surface area contributed by atoms with E-state index in [-0.39, 0.29) is 5.97 Å². The summed E-state index contributed by atoms with van der Waals surface area (Å²) in [5, 5.41) is 0. The standard InChI is InChI=1S/C17H20O4/c1-2-19-14(18)8-4-6-10-5-3-7-11-15-12(20-16(10)11)9-13-17(15)21-13/h3,5,7,12-13,15,17H,2,4,6,8-9H2,1H3/t12?,13-,15?,17-/m1/s1. The van der Waals surface area contributed by atoms with Gasteiger partial charge in [0, 0.05) is 18.4 Å². The second-order valence-corrected chi connectivity index (χ2v) is 6.05. The van der Waals surface area contributed by atoms with E-state index in [1.165, 1.54) is 11.1 Å². The van der Waals surface area contributed by atoms with Crippen molar-refractivity contribution < 1.29 is 19.0 Å². The van der Waals surface area contributed by atoms with Gasteiger partial charge < -0.3 is 14.2 Å². The van der Waals surface area contributed by atoms with Crippen LogP contribution >= 0.6 is 0 Å². The molecule has 1 saturated heterocycles. The monoisotopic (exact) mass is 288 g/mol. The third-order valence-electron chi connectivity index (χ3n) is 4.73. The highest BCUT2D eigenvalue weighted by molar-refractivity contribution is 5.69. The van der Waals surface area contributed by atoms with E-state index in [4.69, 9.17) is 14.2 Å². The predicted molar refractivity (Wildman–Crippen MR) is 76.4 cm³/mol. The number of para-hydroxylation sites is 1. The Hall–Kier alpha value is -1.55. The van der Waals surface area contributed by atoms with E-state index in [0.717, 1.165) is 25.0 Å². The van der Waals surface area contributed by atoms with Crippen LogP contribution in [0.25, 0.3) is 0 Å². The summed E-state index contributed by atoms with van der Waals surface area (Å²) in [5.74, 6) is 1.36. The second-order valence-electron chi connectivity index (χ2n) is 6.05. The topological polar surface area (TPSA) is 48.1 Å². The zero-order valence-corrected chi connectivity index (χ0v) is 12.2. The molecule has 4 atom stereocenters. The minimum absolute atomic E-state index is 0.114. The first kappa shape index (κ1) is 13.1. The highest BCUT2D eigenvalue weighted by Gasteiger charge is 2.60. The van der Waals surface area contributed by atoms with Crippen molar-refractivity contribution in [3.05, 3.63) is 29.3 Å². The van der Waals surface area contributed by atoms with Gasteiger partial charge in [-0.2, -0.15) is 0 Å². The van der Waals surface area contributed by atoms with Crippen molar-refractivity contribution in [1.82, 2.24) is 0 Å². The maximum Gasteiger partial charge on any atom is 0.305 e. The number of benzene rings is 1. The fourth-order valence-electron chi connectivity index (χ4n) is 3.76. The van der Waals surface area contributed by atoms with Crippen LogP contribution in [0.2, 0.25) is 0 Å². The molecule has 0 radical (unpaired) electrons. The van der Waals surface area contributed by atoms with E-state index in [2.05, 4.69) is 18.2 Å². The van der Waals surface area contributed by atoms with E-state index in [1.54, 1.807) is 0 Å². The van der Waals surface area contributed by atoms with Gasteiger partial charge in [-0.15, -0.1) is 0 Å². The van der Waals surface area contributed by atoms with Gasteiger partial charge in [0.25, 0.3) is 0 Å². The summed E-state index contributed by atoms with van der Waals surface area (Å²) in [5.41, 5.74) is 2.52. The van der Waals surface area contributed by atoms with Gasteiger partial charge >= 0.3 is 5.97 Å². The number of fused-ring (bicyclic) bond motifs is 5. The highest BCUT2D eigenvalue weighted by Crippen LogP contribution is 2.56. The van der Waals surface area contributed by atoms with Crippen LogP contribution in [-0.4, -0.2) is 30.9 Å². The molecule has 0 aromatic heterocycles. The van der Waals surface area contributed by atoms with Crippen LogP contribution in [0.3, 0.4) is 0 Å². The molecule has 1 aromatic carbocycles. The number of hydrogen-bond acceptors (Lipinski definition) is 4. The van der Waals surface area contributed by atoms with Crippen LogP contribution in [0.15, 0.2) is 18.2 Å². The summed E-state index contributed by atoms with van der Waals surface area (Å²) in [6, 6.07) is 6.37. The van der Waals surface area contributed by atoms with E-state index in [0.29, 0.717) is 37.3 Å². The molecule has 112 valence electrons. The Morgan fingerprint density at radius 3 is 3.14 bits per heavy atom. The lowest BCUT2D eigenvalue weighted by atomic mass is 9.94.